The number of ether oxygens (including phenoxy) is 2. The average Bonchev–Trinajstić information content (AvgIpc) is 2.71. The molecule has 0 aromatic heterocycles. The van der Waals surface area contributed by atoms with Gasteiger partial charge in [0.2, 0.25) is 0 Å². The van der Waals surface area contributed by atoms with Crippen molar-refractivity contribution in [3.8, 4) is 5.75 Å². The van der Waals surface area contributed by atoms with Crippen molar-refractivity contribution < 1.29 is 22.7 Å². The molecule has 0 saturated carbocycles. The zero-order chi connectivity index (χ0) is 14.6. The lowest BCUT2D eigenvalue weighted by atomic mass is 10.2. The van der Waals surface area contributed by atoms with Crippen LogP contribution in [0, 0.1) is 0 Å². The van der Waals surface area contributed by atoms with Crippen LogP contribution in [0.4, 0.5) is 0 Å². The van der Waals surface area contributed by atoms with Gasteiger partial charge in [0, 0.05) is 11.8 Å². The molecule has 5 nitrogen and oxygen atoms in total. The Morgan fingerprint density at radius 3 is 2.85 bits per heavy atom. The molecule has 1 aromatic carbocycles. The van der Waals surface area contributed by atoms with Crippen LogP contribution in [-0.4, -0.2) is 27.6 Å². The van der Waals surface area contributed by atoms with Gasteiger partial charge >= 0.3 is 5.97 Å². The van der Waals surface area contributed by atoms with Crippen LogP contribution in [0.1, 0.15) is 25.3 Å². The smallest absolute Gasteiger partial charge is 0.305 e. The first kappa shape index (κ1) is 14.6. The molecule has 1 heterocycles. The number of hydrogen-bond donors (Lipinski definition) is 0. The Morgan fingerprint density at radius 1 is 1.30 bits per heavy atom. The molecule has 1 aliphatic rings. The average molecular weight is 296 g/mol. The molecular formula is C14H16O5S. The van der Waals surface area contributed by atoms with E-state index in [4.69, 9.17) is 9.47 Å². The van der Waals surface area contributed by atoms with Crippen LogP contribution in [0.3, 0.4) is 0 Å². The zero-order valence-electron chi connectivity index (χ0n) is 11.2. The van der Waals surface area contributed by atoms with Gasteiger partial charge in [0.25, 0.3) is 0 Å². The number of carbonyl (C=O) groups is 1. The Labute approximate surface area is 118 Å². The standard InChI is InChI=1S/C14H16O5S/c1-2-18-14(15)4-3-8-19-12-5-6-13-11(10-12)7-9-20(13,16)17/h5-7,9-10H,2-4,8H2,1H3. The maximum absolute atomic E-state index is 11.6. The van der Waals surface area contributed by atoms with Gasteiger partial charge in [0.05, 0.1) is 18.1 Å². The lowest BCUT2D eigenvalue weighted by Gasteiger charge is -2.07. The maximum atomic E-state index is 11.6. The Hall–Kier alpha value is -1.82. The fourth-order valence-corrected chi connectivity index (χ4v) is 3.07. The molecule has 0 bridgehead atoms. The van der Waals surface area contributed by atoms with Gasteiger partial charge in [0.1, 0.15) is 5.75 Å². The lowest BCUT2D eigenvalue weighted by Crippen LogP contribution is -2.06. The Bertz CT molecular complexity index is 631. The lowest BCUT2D eigenvalue weighted by molar-refractivity contribution is -0.143. The minimum Gasteiger partial charge on any atom is -0.494 e. The van der Waals surface area contributed by atoms with E-state index >= 15 is 0 Å². The maximum Gasteiger partial charge on any atom is 0.305 e. The van der Waals surface area contributed by atoms with Crippen molar-refractivity contribution in [2.75, 3.05) is 13.2 Å². The summed E-state index contributed by atoms with van der Waals surface area (Å²) in [5, 5.41) is 1.18. The molecule has 0 spiro atoms. The van der Waals surface area contributed by atoms with Crippen LogP contribution in [0.15, 0.2) is 28.5 Å². The van der Waals surface area contributed by atoms with E-state index in [9.17, 15) is 13.2 Å². The van der Waals surface area contributed by atoms with Gasteiger partial charge in [-0.25, -0.2) is 8.42 Å². The van der Waals surface area contributed by atoms with E-state index in [0.717, 1.165) is 0 Å². The number of esters is 1. The quantitative estimate of drug-likeness (QED) is 0.594. The van der Waals surface area contributed by atoms with Gasteiger partial charge < -0.3 is 9.47 Å². The van der Waals surface area contributed by atoms with Crippen LogP contribution in [-0.2, 0) is 19.4 Å². The Morgan fingerprint density at radius 2 is 2.10 bits per heavy atom. The Balaban J connectivity index is 1.87. The van der Waals surface area contributed by atoms with Gasteiger partial charge in [0.15, 0.2) is 9.84 Å². The molecule has 1 aliphatic heterocycles. The van der Waals surface area contributed by atoms with Crippen molar-refractivity contribution in [3.05, 3.63) is 29.2 Å². The topological polar surface area (TPSA) is 69.7 Å². The molecule has 0 unspecified atom stereocenters. The third-order valence-electron chi connectivity index (χ3n) is 2.81. The number of carbonyl (C=O) groups excluding carboxylic acids is 1. The van der Waals surface area contributed by atoms with E-state index in [1.54, 1.807) is 25.1 Å². The molecule has 0 aliphatic carbocycles. The second-order valence-corrected chi connectivity index (χ2v) is 6.11. The van der Waals surface area contributed by atoms with Crippen molar-refractivity contribution >= 4 is 21.9 Å². The number of hydrogen-bond acceptors (Lipinski definition) is 5. The number of rotatable bonds is 6. The molecular weight excluding hydrogens is 280 g/mol. The minimum absolute atomic E-state index is 0.237. The Kier molecular flexibility index (Phi) is 4.44. The first-order valence-electron chi connectivity index (χ1n) is 6.38. The highest BCUT2D eigenvalue weighted by Crippen LogP contribution is 2.29. The van der Waals surface area contributed by atoms with Crippen molar-refractivity contribution in [1.82, 2.24) is 0 Å². The van der Waals surface area contributed by atoms with Gasteiger partial charge in [-0.2, -0.15) is 0 Å². The summed E-state index contributed by atoms with van der Waals surface area (Å²) in [6, 6.07) is 4.83. The fourth-order valence-electron chi connectivity index (χ4n) is 1.88. The van der Waals surface area contributed by atoms with Gasteiger partial charge in [-0.05, 0) is 43.2 Å². The SMILES string of the molecule is CCOC(=O)CCCOc1ccc2c(c1)C=CS2(=O)=O. The van der Waals surface area contributed by atoms with Crippen LogP contribution in [0.2, 0.25) is 0 Å². The van der Waals surface area contributed by atoms with Gasteiger partial charge in [-0.15, -0.1) is 0 Å². The monoisotopic (exact) mass is 296 g/mol. The number of fused-ring (bicyclic) bond motifs is 1. The van der Waals surface area contributed by atoms with Crippen LogP contribution < -0.4 is 4.74 Å². The van der Waals surface area contributed by atoms with Crippen molar-refractivity contribution in [2.24, 2.45) is 0 Å². The summed E-state index contributed by atoms with van der Waals surface area (Å²) >= 11 is 0. The summed E-state index contributed by atoms with van der Waals surface area (Å²) in [5.41, 5.74) is 0.632. The molecule has 0 amide bonds. The van der Waals surface area contributed by atoms with E-state index in [-0.39, 0.29) is 5.97 Å². The molecule has 0 fully saturated rings. The van der Waals surface area contributed by atoms with E-state index in [2.05, 4.69) is 0 Å². The van der Waals surface area contributed by atoms with Crippen molar-refractivity contribution in [1.29, 1.82) is 0 Å². The molecule has 0 radical (unpaired) electrons. The molecule has 6 heteroatoms. The predicted molar refractivity (Wildman–Crippen MR) is 74.0 cm³/mol. The molecule has 20 heavy (non-hydrogen) atoms. The largest absolute Gasteiger partial charge is 0.494 e. The van der Waals surface area contributed by atoms with Gasteiger partial charge in [-0.1, -0.05) is 0 Å². The summed E-state index contributed by atoms with van der Waals surface area (Å²) in [4.78, 5) is 11.4. The second-order valence-electron chi connectivity index (χ2n) is 4.30. The van der Waals surface area contributed by atoms with Crippen molar-refractivity contribution in [2.45, 2.75) is 24.7 Å². The highest BCUT2D eigenvalue weighted by atomic mass is 32.2. The predicted octanol–water partition coefficient (Wildman–Crippen LogP) is 2.17. The molecule has 0 saturated heterocycles. The molecule has 0 N–H and O–H groups in total. The summed E-state index contributed by atoms with van der Waals surface area (Å²) in [6.07, 6.45) is 2.42. The minimum atomic E-state index is -3.26. The highest BCUT2D eigenvalue weighted by molar-refractivity contribution is 7.94. The van der Waals surface area contributed by atoms with E-state index in [1.807, 2.05) is 0 Å². The van der Waals surface area contributed by atoms with E-state index in [1.165, 1.54) is 11.5 Å². The van der Waals surface area contributed by atoms with Crippen LogP contribution >= 0.6 is 0 Å². The summed E-state index contributed by atoms with van der Waals surface area (Å²) in [6.45, 7) is 2.53. The molecule has 108 valence electrons. The summed E-state index contributed by atoms with van der Waals surface area (Å²) < 4.78 is 33.5. The second kappa shape index (κ2) is 6.09. The number of benzene rings is 1. The highest BCUT2D eigenvalue weighted by Gasteiger charge is 2.20. The first-order chi connectivity index (χ1) is 9.53. The summed E-state index contributed by atoms with van der Waals surface area (Å²) in [5.74, 6) is 0.355. The zero-order valence-corrected chi connectivity index (χ0v) is 12.0. The normalized spacial score (nSPS) is 14.8. The third kappa shape index (κ3) is 3.39. The van der Waals surface area contributed by atoms with E-state index < -0.39 is 9.84 Å². The molecule has 2 rings (SSSR count). The third-order valence-corrected chi connectivity index (χ3v) is 4.29. The summed E-state index contributed by atoms with van der Waals surface area (Å²) in [7, 11) is -3.26. The fraction of sp³-hybridized carbons (Fsp3) is 0.357. The molecule has 1 aromatic rings. The first-order valence-corrected chi connectivity index (χ1v) is 7.93. The van der Waals surface area contributed by atoms with E-state index in [0.29, 0.717) is 42.3 Å². The number of sulfone groups is 1. The van der Waals surface area contributed by atoms with Crippen LogP contribution in [0.25, 0.3) is 6.08 Å². The van der Waals surface area contributed by atoms with Crippen molar-refractivity contribution in [3.63, 3.8) is 0 Å². The van der Waals surface area contributed by atoms with Crippen LogP contribution in [0.5, 0.6) is 5.75 Å². The van der Waals surface area contributed by atoms with Gasteiger partial charge in [-0.3, -0.25) is 4.79 Å². The molecule has 0 atom stereocenters.